The van der Waals surface area contributed by atoms with Gasteiger partial charge < -0.3 is 9.32 Å². The van der Waals surface area contributed by atoms with E-state index in [1.165, 1.54) is 22.9 Å². The van der Waals surface area contributed by atoms with Crippen molar-refractivity contribution < 1.29 is 17.6 Å². The van der Waals surface area contributed by atoms with E-state index in [9.17, 15) is 13.2 Å². The van der Waals surface area contributed by atoms with Crippen LogP contribution in [0, 0.1) is 0 Å². The van der Waals surface area contributed by atoms with Gasteiger partial charge in [-0.1, -0.05) is 6.08 Å². The van der Waals surface area contributed by atoms with E-state index in [1.807, 2.05) is 13.1 Å². The lowest BCUT2D eigenvalue weighted by molar-refractivity contribution is -0.136. The minimum atomic E-state index is -4.51. The van der Waals surface area contributed by atoms with Crippen LogP contribution < -0.4 is 0 Å². The van der Waals surface area contributed by atoms with Crippen LogP contribution in [0.3, 0.4) is 0 Å². The first-order valence-electron chi connectivity index (χ1n) is 8.95. The zero-order chi connectivity index (χ0) is 20.2. The summed E-state index contributed by atoms with van der Waals surface area (Å²) in [7, 11) is 1.97. The van der Waals surface area contributed by atoms with Crippen molar-refractivity contribution in [2.45, 2.75) is 12.6 Å². The molecule has 29 heavy (non-hydrogen) atoms. The molecule has 5 heterocycles. The molecule has 1 aliphatic heterocycles. The summed E-state index contributed by atoms with van der Waals surface area (Å²) >= 11 is 0. The van der Waals surface area contributed by atoms with Crippen molar-refractivity contribution in [3.63, 3.8) is 0 Å². The molecule has 1 aliphatic rings. The van der Waals surface area contributed by atoms with Gasteiger partial charge in [0, 0.05) is 24.7 Å². The third-order valence-corrected chi connectivity index (χ3v) is 5.02. The molecule has 0 atom stereocenters. The molecule has 0 aliphatic carbocycles. The second-order valence-electron chi connectivity index (χ2n) is 6.96. The molecule has 0 radical (unpaired) electrons. The number of imidazole rings is 1. The lowest BCUT2D eigenvalue weighted by Gasteiger charge is -2.22. The van der Waals surface area contributed by atoms with Crippen LogP contribution >= 0.6 is 0 Å². The predicted molar refractivity (Wildman–Crippen MR) is 98.9 cm³/mol. The molecule has 10 heteroatoms. The molecule has 4 aromatic heterocycles. The van der Waals surface area contributed by atoms with Gasteiger partial charge in [-0.3, -0.25) is 4.40 Å². The topological polar surface area (TPSA) is 72.4 Å². The first-order chi connectivity index (χ1) is 13.9. The molecule has 0 bridgehead atoms. The van der Waals surface area contributed by atoms with Crippen LogP contribution in [-0.4, -0.2) is 49.6 Å². The Kier molecular flexibility index (Phi) is 3.91. The number of alkyl halides is 3. The van der Waals surface area contributed by atoms with E-state index < -0.39 is 11.7 Å². The van der Waals surface area contributed by atoms with E-state index in [4.69, 9.17) is 4.42 Å². The van der Waals surface area contributed by atoms with Gasteiger partial charge in [0.25, 0.3) is 5.89 Å². The minimum absolute atomic E-state index is 0.0109. The molecular formula is C19H15F3N6O. The van der Waals surface area contributed by atoms with Gasteiger partial charge in [0.15, 0.2) is 0 Å². The molecule has 7 nitrogen and oxygen atoms in total. The van der Waals surface area contributed by atoms with Gasteiger partial charge in [-0.2, -0.15) is 13.2 Å². The molecule has 0 saturated carbocycles. The Labute approximate surface area is 162 Å². The third-order valence-electron chi connectivity index (χ3n) is 5.02. The van der Waals surface area contributed by atoms with E-state index in [-0.39, 0.29) is 16.9 Å². The number of hydrogen-bond acceptors (Lipinski definition) is 6. The Morgan fingerprint density at radius 2 is 2.00 bits per heavy atom. The monoisotopic (exact) mass is 400 g/mol. The second-order valence-corrected chi connectivity index (χ2v) is 6.96. The Morgan fingerprint density at radius 1 is 1.14 bits per heavy atom. The SMILES string of the molecule is CN1CC=C(c2cc(C(F)(F)F)c3ccc4nc(-c5nnco5)cn4c3n2)CC1. The lowest BCUT2D eigenvalue weighted by Crippen LogP contribution is -2.24. The third kappa shape index (κ3) is 3.05. The maximum atomic E-state index is 13.8. The van der Waals surface area contributed by atoms with E-state index in [0.29, 0.717) is 30.0 Å². The summed E-state index contributed by atoms with van der Waals surface area (Å²) < 4.78 is 48.2. The van der Waals surface area contributed by atoms with Crippen LogP contribution in [0.4, 0.5) is 13.2 Å². The lowest BCUT2D eigenvalue weighted by atomic mass is 10.0. The molecule has 0 unspecified atom stereocenters. The number of fused-ring (bicyclic) bond motifs is 3. The van der Waals surface area contributed by atoms with Gasteiger partial charge in [-0.05, 0) is 37.2 Å². The standard InChI is InChI=1S/C19H15F3N6O/c1-27-6-4-11(5-7-27)14-8-13(19(20,21)22)12-2-3-16-24-15(18-26-23-10-29-18)9-28(16)17(12)25-14/h2-4,8-10H,5-7H2,1H3. The molecule has 5 rings (SSSR count). The summed E-state index contributed by atoms with van der Waals surface area (Å²) in [6.07, 6.45) is 0.786. The quantitative estimate of drug-likeness (QED) is 0.511. The first-order valence-corrected chi connectivity index (χ1v) is 8.95. The van der Waals surface area contributed by atoms with Crippen LogP contribution in [0.5, 0.6) is 0 Å². The minimum Gasteiger partial charge on any atom is -0.422 e. The molecule has 0 fully saturated rings. The fraction of sp³-hybridized carbons (Fsp3) is 0.263. The number of likely N-dealkylation sites (N-methyl/N-ethyl adjacent to an activating group) is 1. The average molecular weight is 400 g/mol. The van der Waals surface area contributed by atoms with E-state index in [1.54, 1.807) is 6.20 Å². The van der Waals surface area contributed by atoms with Gasteiger partial charge in [-0.15, -0.1) is 10.2 Å². The first kappa shape index (κ1) is 17.8. The van der Waals surface area contributed by atoms with Crippen molar-refractivity contribution >= 4 is 22.3 Å². The largest absolute Gasteiger partial charge is 0.422 e. The highest BCUT2D eigenvalue weighted by Crippen LogP contribution is 2.37. The molecule has 0 N–H and O–H groups in total. The highest BCUT2D eigenvalue weighted by molar-refractivity contribution is 5.85. The van der Waals surface area contributed by atoms with Crippen LogP contribution in [0.15, 0.2) is 41.3 Å². The normalized spacial score (nSPS) is 15.9. The Hall–Kier alpha value is -3.27. The molecule has 0 saturated heterocycles. The molecular weight excluding hydrogens is 385 g/mol. The Balaban J connectivity index is 1.78. The maximum Gasteiger partial charge on any atom is 0.417 e. The zero-order valence-electron chi connectivity index (χ0n) is 15.3. The Bertz CT molecular complexity index is 1240. The molecule has 148 valence electrons. The van der Waals surface area contributed by atoms with Crippen molar-refractivity contribution in [3.8, 4) is 11.6 Å². The van der Waals surface area contributed by atoms with Crippen molar-refractivity contribution in [2.24, 2.45) is 0 Å². The van der Waals surface area contributed by atoms with E-state index in [2.05, 4.69) is 25.1 Å². The Morgan fingerprint density at radius 3 is 2.69 bits per heavy atom. The van der Waals surface area contributed by atoms with Crippen molar-refractivity contribution in [1.82, 2.24) is 29.5 Å². The van der Waals surface area contributed by atoms with Crippen molar-refractivity contribution in [3.05, 3.63) is 48.1 Å². The van der Waals surface area contributed by atoms with Crippen molar-refractivity contribution in [1.29, 1.82) is 0 Å². The summed E-state index contributed by atoms with van der Waals surface area (Å²) in [6.45, 7) is 1.44. The second kappa shape index (κ2) is 6.38. The zero-order valence-corrected chi connectivity index (χ0v) is 15.3. The summed E-state index contributed by atoms with van der Waals surface area (Å²) in [6, 6.07) is 4.06. The average Bonchev–Trinajstić information content (AvgIpc) is 3.36. The molecule has 0 aromatic carbocycles. The highest BCUT2D eigenvalue weighted by Gasteiger charge is 2.34. The number of aromatic nitrogens is 5. The van der Waals surface area contributed by atoms with Crippen molar-refractivity contribution in [2.75, 3.05) is 20.1 Å². The van der Waals surface area contributed by atoms with E-state index in [0.717, 1.165) is 18.2 Å². The number of rotatable bonds is 2. The summed E-state index contributed by atoms with van der Waals surface area (Å²) in [5.41, 5.74) is 1.43. The van der Waals surface area contributed by atoms with Gasteiger partial charge >= 0.3 is 6.18 Å². The van der Waals surface area contributed by atoms with E-state index >= 15 is 0 Å². The highest BCUT2D eigenvalue weighted by atomic mass is 19.4. The smallest absolute Gasteiger partial charge is 0.417 e. The predicted octanol–water partition coefficient (Wildman–Crippen LogP) is 3.67. The van der Waals surface area contributed by atoms with Crippen LogP contribution in [0.25, 0.3) is 33.8 Å². The van der Waals surface area contributed by atoms with Gasteiger partial charge in [0.2, 0.25) is 6.39 Å². The number of halogens is 3. The number of hydrogen-bond donors (Lipinski definition) is 0. The van der Waals surface area contributed by atoms with Gasteiger partial charge in [0.1, 0.15) is 17.0 Å². The van der Waals surface area contributed by atoms with Crippen LogP contribution in [0.1, 0.15) is 17.7 Å². The maximum absolute atomic E-state index is 13.8. The van der Waals surface area contributed by atoms with Gasteiger partial charge in [0.05, 0.1) is 11.3 Å². The van der Waals surface area contributed by atoms with Gasteiger partial charge in [-0.25, -0.2) is 9.97 Å². The van der Waals surface area contributed by atoms with Crippen LogP contribution in [-0.2, 0) is 6.18 Å². The molecule has 4 aromatic rings. The number of nitrogens with zero attached hydrogens (tertiary/aromatic N) is 6. The fourth-order valence-corrected chi connectivity index (χ4v) is 3.52. The summed E-state index contributed by atoms with van der Waals surface area (Å²) in [5, 5.41) is 7.44. The fourth-order valence-electron chi connectivity index (χ4n) is 3.52. The molecule has 0 spiro atoms. The summed E-state index contributed by atoms with van der Waals surface area (Å²) in [4.78, 5) is 11.1. The molecule has 0 amide bonds. The summed E-state index contributed by atoms with van der Waals surface area (Å²) in [5.74, 6) is 0.187. The van der Waals surface area contributed by atoms with Crippen LogP contribution in [0.2, 0.25) is 0 Å². The number of pyridine rings is 2.